The summed E-state index contributed by atoms with van der Waals surface area (Å²) in [4.78, 5) is 0. The zero-order chi connectivity index (χ0) is 20.4. The fraction of sp³-hybridized carbons (Fsp3) is 1.00. The molecule has 6 heteroatoms. The van der Waals surface area contributed by atoms with E-state index in [4.69, 9.17) is 8.85 Å². The van der Waals surface area contributed by atoms with Gasteiger partial charge in [0, 0.05) is 24.7 Å². The molecule has 1 rings (SSSR count). The van der Waals surface area contributed by atoms with Gasteiger partial charge < -0.3 is 19.3 Å². The maximum absolute atomic E-state index is 9.71. The fourth-order valence-electron chi connectivity index (χ4n) is 2.77. The van der Waals surface area contributed by atoms with Crippen LogP contribution in [0.25, 0.3) is 0 Å². The smallest absolute Gasteiger partial charge is 0.192 e. The van der Waals surface area contributed by atoms with E-state index in [-0.39, 0.29) is 28.1 Å². The van der Waals surface area contributed by atoms with Crippen molar-refractivity contribution in [3.8, 4) is 0 Å². The van der Waals surface area contributed by atoms with Crippen molar-refractivity contribution in [2.45, 2.75) is 96.7 Å². The van der Waals surface area contributed by atoms with Crippen LogP contribution >= 0.6 is 0 Å². The molecule has 1 fully saturated rings. The minimum Gasteiger partial charge on any atom is -0.416 e. The molecule has 1 aliphatic rings. The standard InChI is InChI=1S/C20H45NO3Si2/c1-18(2,3)25(7,8)23-15-20(11-12-21-17(13-20)14-22)16-24-26(9,10)19(4,5)6/h17,21-22H,11-16H2,1-10H3. The summed E-state index contributed by atoms with van der Waals surface area (Å²) in [6.07, 6.45) is 1.97. The molecule has 0 aliphatic carbocycles. The molecule has 156 valence electrons. The summed E-state index contributed by atoms with van der Waals surface area (Å²) in [5.74, 6) is 0. The Labute approximate surface area is 164 Å². The van der Waals surface area contributed by atoms with E-state index in [1.54, 1.807) is 0 Å². The number of aliphatic hydroxyl groups excluding tert-OH is 1. The zero-order valence-electron chi connectivity index (χ0n) is 19.1. The molecule has 0 radical (unpaired) electrons. The van der Waals surface area contributed by atoms with E-state index < -0.39 is 16.6 Å². The lowest BCUT2D eigenvalue weighted by Crippen LogP contribution is -2.54. The minimum absolute atomic E-state index is 0.00366. The molecule has 2 N–H and O–H groups in total. The third-order valence-corrected chi connectivity index (χ3v) is 16.0. The summed E-state index contributed by atoms with van der Waals surface area (Å²) >= 11 is 0. The highest BCUT2D eigenvalue weighted by atomic mass is 28.4. The topological polar surface area (TPSA) is 50.7 Å². The second kappa shape index (κ2) is 8.33. The van der Waals surface area contributed by atoms with Gasteiger partial charge in [0.15, 0.2) is 16.6 Å². The second-order valence-electron chi connectivity index (χ2n) is 11.4. The SMILES string of the molecule is CC(C)(C)[Si](C)(C)OCC1(CO[Si](C)(C)C(C)(C)C)CCNC(CO)C1. The summed E-state index contributed by atoms with van der Waals surface area (Å²) in [5.41, 5.74) is 0.00366. The third kappa shape index (κ3) is 6.14. The van der Waals surface area contributed by atoms with Crippen molar-refractivity contribution in [1.82, 2.24) is 5.32 Å². The molecule has 0 aromatic carbocycles. The molecule has 1 heterocycles. The zero-order valence-corrected chi connectivity index (χ0v) is 21.1. The molecular weight excluding hydrogens is 358 g/mol. The van der Waals surface area contributed by atoms with Gasteiger partial charge in [-0.25, -0.2) is 0 Å². The van der Waals surface area contributed by atoms with Crippen molar-refractivity contribution in [2.75, 3.05) is 26.4 Å². The van der Waals surface area contributed by atoms with Gasteiger partial charge in [-0.2, -0.15) is 0 Å². The van der Waals surface area contributed by atoms with Crippen molar-refractivity contribution in [3.63, 3.8) is 0 Å². The van der Waals surface area contributed by atoms with Crippen molar-refractivity contribution in [2.24, 2.45) is 5.41 Å². The van der Waals surface area contributed by atoms with E-state index in [2.05, 4.69) is 73.0 Å². The predicted molar refractivity (Wildman–Crippen MR) is 117 cm³/mol. The Kier molecular flexibility index (Phi) is 7.79. The molecule has 1 unspecified atom stereocenters. The van der Waals surface area contributed by atoms with Crippen LogP contribution in [-0.4, -0.2) is 54.1 Å². The highest BCUT2D eigenvalue weighted by Crippen LogP contribution is 2.42. The molecule has 0 aromatic heterocycles. The molecule has 26 heavy (non-hydrogen) atoms. The Morgan fingerprint density at radius 1 is 0.923 bits per heavy atom. The number of hydrogen-bond donors (Lipinski definition) is 2. The van der Waals surface area contributed by atoms with Crippen LogP contribution in [0.5, 0.6) is 0 Å². The summed E-state index contributed by atoms with van der Waals surface area (Å²) in [6, 6.07) is 0.148. The van der Waals surface area contributed by atoms with Gasteiger partial charge in [0.05, 0.1) is 6.61 Å². The average molecular weight is 404 g/mol. The molecule has 1 aliphatic heterocycles. The first kappa shape index (κ1) is 24.3. The molecule has 4 nitrogen and oxygen atoms in total. The fourth-order valence-corrected chi connectivity index (χ4v) is 4.97. The molecule has 0 saturated carbocycles. The largest absolute Gasteiger partial charge is 0.416 e. The van der Waals surface area contributed by atoms with Gasteiger partial charge in [-0.05, 0) is 55.7 Å². The van der Waals surface area contributed by atoms with Crippen LogP contribution in [0, 0.1) is 5.41 Å². The number of piperidine rings is 1. The van der Waals surface area contributed by atoms with Crippen molar-refractivity contribution in [1.29, 1.82) is 0 Å². The van der Waals surface area contributed by atoms with Crippen LogP contribution < -0.4 is 5.32 Å². The van der Waals surface area contributed by atoms with Crippen LogP contribution in [0.1, 0.15) is 54.4 Å². The lowest BCUT2D eigenvalue weighted by molar-refractivity contribution is 0.0158. The van der Waals surface area contributed by atoms with Crippen molar-refractivity contribution in [3.05, 3.63) is 0 Å². The molecule has 0 bridgehead atoms. The third-order valence-electron chi connectivity index (χ3n) is 7.08. The molecule has 0 amide bonds. The molecule has 1 saturated heterocycles. The van der Waals surface area contributed by atoms with Gasteiger partial charge in [0.1, 0.15) is 0 Å². The second-order valence-corrected chi connectivity index (χ2v) is 21.0. The summed E-state index contributed by atoms with van der Waals surface area (Å²) in [5, 5.41) is 13.6. The van der Waals surface area contributed by atoms with Gasteiger partial charge >= 0.3 is 0 Å². The van der Waals surface area contributed by atoms with Crippen LogP contribution in [-0.2, 0) is 8.85 Å². The van der Waals surface area contributed by atoms with Gasteiger partial charge in [-0.1, -0.05) is 41.5 Å². The van der Waals surface area contributed by atoms with E-state index in [0.29, 0.717) is 0 Å². The summed E-state index contributed by atoms with van der Waals surface area (Å²) < 4.78 is 13.3. The maximum Gasteiger partial charge on any atom is 0.192 e. The minimum atomic E-state index is -1.81. The lowest BCUT2D eigenvalue weighted by atomic mass is 9.77. The highest BCUT2D eigenvalue weighted by molar-refractivity contribution is 6.74. The average Bonchev–Trinajstić information content (AvgIpc) is 2.49. The Hall–Kier alpha value is 0.274. The van der Waals surface area contributed by atoms with E-state index in [1.165, 1.54) is 0 Å². The predicted octanol–water partition coefficient (Wildman–Crippen LogP) is 4.76. The van der Waals surface area contributed by atoms with Crippen LogP contribution in [0.2, 0.25) is 36.3 Å². The first-order valence-corrected chi connectivity index (χ1v) is 16.0. The first-order chi connectivity index (χ1) is 11.6. The van der Waals surface area contributed by atoms with E-state index >= 15 is 0 Å². The Bertz CT molecular complexity index is 423. The van der Waals surface area contributed by atoms with E-state index in [9.17, 15) is 5.11 Å². The van der Waals surface area contributed by atoms with Crippen molar-refractivity contribution >= 4 is 16.6 Å². The summed E-state index contributed by atoms with van der Waals surface area (Å²) in [7, 11) is -3.61. The first-order valence-electron chi connectivity index (χ1n) is 10.2. The Morgan fingerprint density at radius 3 is 1.69 bits per heavy atom. The highest BCUT2D eigenvalue weighted by Gasteiger charge is 2.45. The Morgan fingerprint density at radius 2 is 1.35 bits per heavy atom. The number of rotatable bonds is 7. The number of aliphatic hydroxyl groups is 1. The quantitative estimate of drug-likeness (QED) is 0.602. The lowest BCUT2D eigenvalue weighted by Gasteiger charge is -2.47. The number of nitrogens with one attached hydrogen (secondary N) is 1. The van der Waals surface area contributed by atoms with Crippen LogP contribution in [0.3, 0.4) is 0 Å². The van der Waals surface area contributed by atoms with Gasteiger partial charge in [-0.3, -0.25) is 0 Å². The van der Waals surface area contributed by atoms with Crippen LogP contribution in [0.4, 0.5) is 0 Å². The monoisotopic (exact) mass is 403 g/mol. The van der Waals surface area contributed by atoms with Crippen LogP contribution in [0.15, 0.2) is 0 Å². The number of hydrogen-bond acceptors (Lipinski definition) is 4. The van der Waals surface area contributed by atoms with Crippen molar-refractivity contribution < 1.29 is 14.0 Å². The Balaban J connectivity index is 2.94. The van der Waals surface area contributed by atoms with Gasteiger partial charge in [0.25, 0.3) is 0 Å². The van der Waals surface area contributed by atoms with E-state index in [1.807, 2.05) is 0 Å². The maximum atomic E-state index is 9.71. The van der Waals surface area contributed by atoms with Gasteiger partial charge in [-0.15, -0.1) is 0 Å². The molecule has 1 atom stereocenters. The van der Waals surface area contributed by atoms with Gasteiger partial charge in [0.2, 0.25) is 0 Å². The molecule has 0 spiro atoms. The van der Waals surface area contributed by atoms with E-state index in [0.717, 1.165) is 32.6 Å². The molecule has 0 aromatic rings. The molecular formula is C20H45NO3Si2. The normalized spacial score (nSPS) is 22.5. The summed E-state index contributed by atoms with van der Waals surface area (Å²) in [6.45, 7) is 25.6.